The first-order valence-corrected chi connectivity index (χ1v) is 7.82. The van der Waals surface area contributed by atoms with Gasteiger partial charge in [0, 0.05) is 32.1 Å². The number of pyridine rings is 1. The Morgan fingerprint density at radius 3 is 2.74 bits per heavy atom. The molecule has 1 aromatic heterocycles. The molecule has 0 aliphatic heterocycles. The average Bonchev–Trinajstić information content (AvgIpc) is 2.29. The van der Waals surface area contributed by atoms with E-state index in [4.69, 9.17) is 4.74 Å². The van der Waals surface area contributed by atoms with Gasteiger partial charge in [0.1, 0.15) is 0 Å². The molecule has 102 valence electrons. The van der Waals surface area contributed by atoms with Crippen molar-refractivity contribution in [2.45, 2.75) is 25.9 Å². The molecule has 0 aliphatic carbocycles. The lowest BCUT2D eigenvalue weighted by Crippen LogP contribution is -2.21. The monoisotopic (exact) mass is 435 g/mol. The number of ether oxygens (including phenoxy) is 1. The molecule has 1 aromatic carbocycles. The Kier molecular flexibility index (Phi) is 4.68. The summed E-state index contributed by atoms with van der Waals surface area (Å²) >= 11 is 5.79. The maximum absolute atomic E-state index is 9.63. The molecule has 19 heavy (non-hydrogen) atoms. The number of aromatic nitrogens is 1. The number of benzene rings is 1. The van der Waals surface area contributed by atoms with Gasteiger partial charge in [0.25, 0.3) is 0 Å². The van der Waals surface area contributed by atoms with Crippen molar-refractivity contribution in [2.24, 2.45) is 0 Å². The number of halogens is 2. The van der Waals surface area contributed by atoms with Gasteiger partial charge >= 0.3 is 0 Å². The van der Waals surface area contributed by atoms with Crippen LogP contribution in [0.4, 0.5) is 0 Å². The van der Waals surface area contributed by atoms with E-state index in [2.05, 4.69) is 49.6 Å². The Balaban J connectivity index is 2.15. The van der Waals surface area contributed by atoms with Crippen LogP contribution in [-0.4, -0.2) is 22.3 Å². The quantitative estimate of drug-likeness (QED) is 0.734. The highest BCUT2D eigenvalue weighted by Crippen LogP contribution is 2.27. The van der Waals surface area contributed by atoms with Crippen LogP contribution in [0, 0.1) is 3.57 Å². The third kappa shape index (κ3) is 4.29. The molecule has 1 heterocycles. The zero-order chi connectivity index (χ0) is 14.0. The highest BCUT2D eigenvalue weighted by atomic mass is 127. The van der Waals surface area contributed by atoms with E-state index in [-0.39, 0.29) is 0 Å². The van der Waals surface area contributed by atoms with Gasteiger partial charge < -0.3 is 9.84 Å². The second kappa shape index (κ2) is 5.93. The lowest BCUT2D eigenvalue weighted by atomic mass is 10.1. The number of nitrogens with zero attached hydrogens (tertiary/aromatic N) is 1. The van der Waals surface area contributed by atoms with E-state index in [1.54, 1.807) is 20.0 Å². The SMILES string of the molecule is CC(C)(O)CCOc1cc2cc(I)c(Br)cc2cn1. The number of aliphatic hydroxyl groups is 1. The predicted molar refractivity (Wildman–Crippen MR) is 88.6 cm³/mol. The molecule has 0 amide bonds. The molecule has 5 heteroatoms. The molecule has 0 bridgehead atoms. The molecule has 0 saturated carbocycles. The second-order valence-electron chi connectivity index (χ2n) is 5.05. The van der Waals surface area contributed by atoms with Gasteiger partial charge in [-0.1, -0.05) is 0 Å². The molecule has 0 fully saturated rings. The van der Waals surface area contributed by atoms with Crippen molar-refractivity contribution in [2.75, 3.05) is 6.61 Å². The molecule has 3 nitrogen and oxygen atoms in total. The van der Waals surface area contributed by atoms with Crippen molar-refractivity contribution in [3.05, 3.63) is 32.4 Å². The summed E-state index contributed by atoms with van der Waals surface area (Å²) in [5.41, 5.74) is -0.711. The summed E-state index contributed by atoms with van der Waals surface area (Å²) in [6.45, 7) is 3.99. The standard InChI is InChI=1S/C14H15BrINO2/c1-14(2,18)3-4-19-13-7-9-6-12(16)11(15)5-10(9)8-17-13/h5-8,18H,3-4H2,1-2H3. The van der Waals surface area contributed by atoms with E-state index in [9.17, 15) is 5.11 Å². The fourth-order valence-corrected chi connectivity index (χ4v) is 2.45. The topological polar surface area (TPSA) is 42.4 Å². The molecular formula is C14H15BrINO2. The van der Waals surface area contributed by atoms with Crippen molar-refractivity contribution in [3.8, 4) is 5.88 Å². The summed E-state index contributed by atoms with van der Waals surface area (Å²) in [7, 11) is 0. The average molecular weight is 436 g/mol. The van der Waals surface area contributed by atoms with Crippen LogP contribution < -0.4 is 4.74 Å². The zero-order valence-corrected chi connectivity index (χ0v) is 14.5. The van der Waals surface area contributed by atoms with Gasteiger partial charge in [0.2, 0.25) is 5.88 Å². The summed E-state index contributed by atoms with van der Waals surface area (Å²) in [6, 6.07) is 6.06. The minimum Gasteiger partial charge on any atom is -0.478 e. The number of hydrogen-bond acceptors (Lipinski definition) is 3. The predicted octanol–water partition coefficient (Wildman–Crippen LogP) is 4.14. The van der Waals surface area contributed by atoms with Gasteiger partial charge in [-0.05, 0) is 69.9 Å². The molecule has 0 aliphatic rings. The zero-order valence-electron chi connectivity index (χ0n) is 10.8. The van der Waals surface area contributed by atoms with E-state index in [0.29, 0.717) is 18.9 Å². The minimum absolute atomic E-state index is 0.454. The molecule has 0 radical (unpaired) electrons. The van der Waals surface area contributed by atoms with Crippen LogP contribution >= 0.6 is 38.5 Å². The third-order valence-corrected chi connectivity index (χ3v) is 4.99. The molecule has 0 saturated heterocycles. The highest BCUT2D eigenvalue weighted by molar-refractivity contribution is 14.1. The maximum Gasteiger partial charge on any atom is 0.213 e. The van der Waals surface area contributed by atoms with Crippen molar-refractivity contribution < 1.29 is 9.84 Å². The van der Waals surface area contributed by atoms with Gasteiger partial charge in [-0.15, -0.1) is 0 Å². The van der Waals surface area contributed by atoms with Gasteiger partial charge in [0.15, 0.2) is 0 Å². The third-order valence-electron chi connectivity index (χ3n) is 2.70. The van der Waals surface area contributed by atoms with Crippen molar-refractivity contribution >= 4 is 49.3 Å². The lowest BCUT2D eigenvalue weighted by molar-refractivity contribution is 0.0547. The summed E-state index contributed by atoms with van der Waals surface area (Å²) < 4.78 is 7.79. The summed E-state index contributed by atoms with van der Waals surface area (Å²) in [6.07, 6.45) is 2.38. The molecule has 2 rings (SSSR count). The largest absolute Gasteiger partial charge is 0.478 e. The van der Waals surface area contributed by atoms with Gasteiger partial charge in [-0.2, -0.15) is 0 Å². The van der Waals surface area contributed by atoms with Crippen LogP contribution in [0.1, 0.15) is 20.3 Å². The van der Waals surface area contributed by atoms with Crippen LogP contribution in [0.25, 0.3) is 10.8 Å². The Morgan fingerprint density at radius 1 is 1.32 bits per heavy atom. The fourth-order valence-electron chi connectivity index (χ4n) is 1.60. The number of rotatable bonds is 4. The van der Waals surface area contributed by atoms with Crippen molar-refractivity contribution in [3.63, 3.8) is 0 Å². The highest BCUT2D eigenvalue weighted by Gasteiger charge is 2.12. The molecule has 0 unspecified atom stereocenters. The van der Waals surface area contributed by atoms with Gasteiger partial charge in [0.05, 0.1) is 12.2 Å². The summed E-state index contributed by atoms with van der Waals surface area (Å²) in [5, 5.41) is 11.8. The molecule has 1 N–H and O–H groups in total. The molecular weight excluding hydrogens is 421 g/mol. The minimum atomic E-state index is -0.711. The normalized spacial score (nSPS) is 11.8. The van der Waals surface area contributed by atoms with E-state index >= 15 is 0 Å². The van der Waals surface area contributed by atoms with Crippen LogP contribution in [0.2, 0.25) is 0 Å². The van der Waals surface area contributed by atoms with E-state index in [1.807, 2.05) is 12.1 Å². The second-order valence-corrected chi connectivity index (χ2v) is 7.06. The fraction of sp³-hybridized carbons (Fsp3) is 0.357. The van der Waals surface area contributed by atoms with E-state index in [0.717, 1.165) is 18.8 Å². The first-order chi connectivity index (χ1) is 8.85. The first kappa shape index (κ1) is 15.0. The Labute approximate surface area is 134 Å². The maximum atomic E-state index is 9.63. The lowest BCUT2D eigenvalue weighted by Gasteiger charge is -2.16. The Hall–Kier alpha value is -0.400. The first-order valence-electron chi connectivity index (χ1n) is 5.95. The molecule has 0 atom stereocenters. The van der Waals surface area contributed by atoms with Crippen LogP contribution in [0.5, 0.6) is 5.88 Å². The van der Waals surface area contributed by atoms with Crippen LogP contribution in [0.3, 0.4) is 0 Å². The summed E-state index contributed by atoms with van der Waals surface area (Å²) in [5.74, 6) is 0.592. The van der Waals surface area contributed by atoms with E-state index < -0.39 is 5.60 Å². The number of hydrogen-bond donors (Lipinski definition) is 1. The van der Waals surface area contributed by atoms with Gasteiger partial charge in [-0.25, -0.2) is 4.98 Å². The molecule has 2 aromatic rings. The van der Waals surface area contributed by atoms with Crippen LogP contribution in [0.15, 0.2) is 28.9 Å². The Bertz CT molecular complexity index is 596. The summed E-state index contributed by atoms with van der Waals surface area (Å²) in [4.78, 5) is 4.27. The smallest absolute Gasteiger partial charge is 0.213 e. The Morgan fingerprint density at radius 2 is 2.05 bits per heavy atom. The van der Waals surface area contributed by atoms with Crippen molar-refractivity contribution in [1.82, 2.24) is 4.98 Å². The number of fused-ring (bicyclic) bond motifs is 1. The van der Waals surface area contributed by atoms with Crippen LogP contribution in [-0.2, 0) is 0 Å². The van der Waals surface area contributed by atoms with Gasteiger partial charge in [-0.3, -0.25) is 0 Å². The van der Waals surface area contributed by atoms with Crippen molar-refractivity contribution in [1.29, 1.82) is 0 Å². The molecule has 0 spiro atoms. The van der Waals surface area contributed by atoms with E-state index in [1.165, 1.54) is 0 Å².